The summed E-state index contributed by atoms with van der Waals surface area (Å²) in [5.41, 5.74) is 0.375. The first-order valence-corrected chi connectivity index (χ1v) is 21.8. The van der Waals surface area contributed by atoms with Crippen LogP contribution in [0.5, 0.6) is 0 Å². The molecule has 10 aromatic rings. The normalized spacial score (nSPS) is 14.6. The van der Waals surface area contributed by atoms with Crippen molar-refractivity contribution in [1.82, 2.24) is 15.0 Å². The van der Waals surface area contributed by atoms with Crippen LogP contribution in [0.3, 0.4) is 0 Å². The maximum absolute atomic E-state index is 16.9. The fourth-order valence-electron chi connectivity index (χ4n) is 8.25. The summed E-state index contributed by atoms with van der Waals surface area (Å²) in [6.07, 6.45) is -7.25. The fourth-order valence-corrected chi connectivity index (χ4v) is 8.25. The molecule has 0 N–H and O–H groups in total. The molecular weight excluding hydrogens is 1020 g/mol. The van der Waals surface area contributed by atoms with Crippen molar-refractivity contribution in [3.63, 3.8) is 0 Å². The summed E-state index contributed by atoms with van der Waals surface area (Å²) >= 11 is 0. The zero-order valence-electron chi connectivity index (χ0n) is 46.4. The smallest absolute Gasteiger partial charge is 0.497 e. The average molecular weight is 1080 g/mol. The molecule has 7 heteroatoms. The quantitative estimate of drug-likeness (QED) is 0.108. The third-order valence-electron chi connectivity index (χ3n) is 11.8. The molecule has 6 aromatic carbocycles. The van der Waals surface area contributed by atoms with E-state index in [1.54, 1.807) is 82.6 Å². The molecule has 0 aliphatic rings. The van der Waals surface area contributed by atoms with Crippen molar-refractivity contribution < 1.29 is 45.6 Å². The molecule has 4 heterocycles. The van der Waals surface area contributed by atoms with Crippen LogP contribution >= 0.6 is 0 Å². The van der Waals surface area contributed by atoms with Gasteiger partial charge in [-0.25, -0.2) is 8.78 Å². The summed E-state index contributed by atoms with van der Waals surface area (Å²) < 4.78 is 125. The molecule has 336 valence electrons. The molecule has 0 bridgehead atoms. The second-order valence-corrected chi connectivity index (χ2v) is 17.3. The van der Waals surface area contributed by atoms with Crippen LogP contribution in [-0.4, -0.2) is 15.0 Å². The maximum atomic E-state index is 16.9. The van der Waals surface area contributed by atoms with Gasteiger partial charge in [-0.05, 0) is 104 Å². The molecule has 4 aromatic heterocycles. The second kappa shape index (κ2) is 19.4. The first-order valence-electron chi connectivity index (χ1n) is 26.3. The van der Waals surface area contributed by atoms with E-state index in [0.29, 0.717) is 44.4 Å². The van der Waals surface area contributed by atoms with Crippen LogP contribution in [0.1, 0.15) is 73.4 Å². The van der Waals surface area contributed by atoms with Crippen molar-refractivity contribution in [2.75, 3.05) is 0 Å². The summed E-state index contributed by atoms with van der Waals surface area (Å²) in [6, 6.07) is 48.8. The Hall–Kier alpha value is -6.92. The van der Waals surface area contributed by atoms with Gasteiger partial charge in [0, 0.05) is 40.5 Å². The van der Waals surface area contributed by atoms with Gasteiger partial charge in [-0.2, -0.15) is 0 Å². The monoisotopic (exact) mass is 1080 g/mol. The van der Waals surface area contributed by atoms with Crippen molar-refractivity contribution in [3.05, 3.63) is 233 Å². The van der Waals surface area contributed by atoms with Gasteiger partial charge in [0.25, 0.3) is 0 Å². The number of furan rings is 1. The summed E-state index contributed by atoms with van der Waals surface area (Å²) in [5, 5.41) is 0.806. The Morgan fingerprint density at radius 3 is 1.72 bits per heavy atom. The summed E-state index contributed by atoms with van der Waals surface area (Å²) in [5.74, 6) is -2.09. The van der Waals surface area contributed by atoms with Crippen LogP contribution in [0.25, 0.3) is 66.8 Å². The zero-order valence-corrected chi connectivity index (χ0v) is 39.8. The predicted octanol–water partition coefficient (Wildman–Crippen LogP) is 14.9. The van der Waals surface area contributed by atoms with Crippen LogP contribution in [0.2, 0.25) is 0 Å². The van der Waals surface area contributed by atoms with Gasteiger partial charge >= 0.3 is 20.1 Å². The Kier molecular flexibility index (Phi) is 10.3. The SMILES string of the molecule is [2H]c1cc(-c2ccccc2)c2c(oc3c(-c4cc(F)c(C([2H])([2H])C([2H])([2H])c5cc(C([2H])([2H])C(C)(C)c6ccc(-c7[c-]cccc7)nc6)cc(C([2H])([2H])C(C)(C)c6ccc(-c7[c-]cccc7)nc6)c5)cn4)[c-]ccc32)c1F.[Ir+3]. The van der Waals surface area contributed by atoms with E-state index >= 15 is 8.78 Å². The molecule has 0 saturated carbocycles. The molecule has 0 spiro atoms. The predicted molar refractivity (Wildman–Crippen MR) is 265 cm³/mol. The molecule has 10 rings (SSSR count). The van der Waals surface area contributed by atoms with Gasteiger partial charge in [-0.1, -0.05) is 118 Å². The first kappa shape index (κ1) is 36.2. The molecule has 4 nitrogen and oxygen atoms in total. The number of benzene rings is 6. The minimum atomic E-state index is -3.24. The number of hydrogen-bond acceptors (Lipinski definition) is 4. The maximum Gasteiger partial charge on any atom is 3.00 e. The van der Waals surface area contributed by atoms with Crippen molar-refractivity contribution in [2.24, 2.45) is 0 Å². The summed E-state index contributed by atoms with van der Waals surface area (Å²) in [4.78, 5) is 13.7. The molecule has 0 aliphatic heterocycles. The Morgan fingerprint density at radius 1 is 0.574 bits per heavy atom. The number of pyridine rings is 3. The van der Waals surface area contributed by atoms with Gasteiger partial charge < -0.3 is 19.4 Å². The minimum Gasteiger partial charge on any atom is -0.497 e. The number of hydrogen-bond donors (Lipinski definition) is 0. The Morgan fingerprint density at radius 2 is 1.16 bits per heavy atom. The number of aromatic nitrogens is 3. The van der Waals surface area contributed by atoms with Crippen LogP contribution in [0, 0.1) is 29.8 Å². The second-order valence-electron chi connectivity index (χ2n) is 17.3. The average Bonchev–Trinajstić information content (AvgIpc) is 3.84. The molecule has 0 radical (unpaired) electrons. The van der Waals surface area contributed by atoms with E-state index in [1.165, 1.54) is 30.3 Å². The Labute approximate surface area is 423 Å². The molecule has 0 fully saturated rings. The van der Waals surface area contributed by atoms with E-state index in [1.807, 2.05) is 66.7 Å². The van der Waals surface area contributed by atoms with Crippen molar-refractivity contribution >= 4 is 21.9 Å². The van der Waals surface area contributed by atoms with E-state index in [4.69, 9.17) is 5.79 Å². The van der Waals surface area contributed by atoms with E-state index in [9.17, 15) is 11.0 Å². The van der Waals surface area contributed by atoms with Gasteiger partial charge in [0.15, 0.2) is 11.4 Å². The zero-order chi connectivity index (χ0) is 54.2. The standard InChI is InChI=1S/C61H48F2N3O.Ir/c1-60(2,47-25-29-54(65-38-47)44-17-10-6-11-18-44)35-41-31-40(32-42(33-41)36-61(3,4)48-26-30-55(66-39-48)45-19-12-7-13-20-45)23-24-46-37-64-56(34-53(46)63)50-21-14-22-51-57-49(43-15-8-5-9-16-43)27-28-52(62)59(57)67-58(50)51;/h5-17,19,22,25-34,37-39H,23-24,35-36H2,1-4H3;/q-3;+3/i23D2,24D2,28D,35D2,36D2;. The summed E-state index contributed by atoms with van der Waals surface area (Å²) in [7, 11) is 0. The van der Waals surface area contributed by atoms with Crippen LogP contribution in [-0.2, 0) is 56.4 Å². The number of rotatable bonds is 13. The number of nitrogens with zero attached hydrogens (tertiary/aromatic N) is 3. The van der Waals surface area contributed by atoms with E-state index in [0.717, 1.165) is 23.4 Å². The van der Waals surface area contributed by atoms with Crippen LogP contribution in [0.15, 0.2) is 175 Å². The molecule has 68 heavy (non-hydrogen) atoms. The van der Waals surface area contributed by atoms with Gasteiger partial charge in [0.05, 0.1) is 6.95 Å². The summed E-state index contributed by atoms with van der Waals surface area (Å²) in [6.45, 7) is 6.63. The van der Waals surface area contributed by atoms with Crippen molar-refractivity contribution in [1.29, 1.82) is 0 Å². The van der Waals surface area contributed by atoms with Gasteiger partial charge in [0.1, 0.15) is 5.82 Å². The Bertz CT molecular complexity index is 3680. The minimum absolute atomic E-state index is 0. The van der Waals surface area contributed by atoms with Crippen molar-refractivity contribution in [2.45, 2.75) is 64.0 Å². The van der Waals surface area contributed by atoms with Crippen LogP contribution < -0.4 is 0 Å². The van der Waals surface area contributed by atoms with Gasteiger partial charge in [0.2, 0.25) is 0 Å². The fraction of sp³-hybridized carbons (Fsp3) is 0.164. The molecule has 0 atom stereocenters. The van der Waals surface area contributed by atoms with E-state index in [-0.39, 0.29) is 53.7 Å². The largest absolute Gasteiger partial charge is 3.00 e. The molecular formula is C61H48F2IrN3O. The molecule has 0 aliphatic carbocycles. The molecule has 0 unspecified atom stereocenters. The van der Waals surface area contributed by atoms with Gasteiger partial charge in [-0.15, -0.1) is 90.0 Å². The number of fused-ring (bicyclic) bond motifs is 3. The third-order valence-corrected chi connectivity index (χ3v) is 11.8. The topological polar surface area (TPSA) is 51.8 Å². The van der Waals surface area contributed by atoms with E-state index in [2.05, 4.69) is 33.2 Å². The Balaban J connectivity index is 0.00000722. The van der Waals surface area contributed by atoms with Crippen molar-refractivity contribution in [3.8, 4) is 44.9 Å². The molecule has 0 amide bonds. The van der Waals surface area contributed by atoms with E-state index < -0.39 is 65.1 Å². The third kappa shape index (κ3) is 9.60. The number of aryl methyl sites for hydroxylation is 2. The van der Waals surface area contributed by atoms with Crippen LogP contribution in [0.4, 0.5) is 8.78 Å². The molecule has 0 saturated heterocycles. The van der Waals surface area contributed by atoms with Gasteiger partial charge in [-0.3, -0.25) is 0 Å². The first-order chi connectivity index (χ1) is 36.0. The number of halogens is 2.